The Labute approximate surface area is 236 Å². The average molecular weight is 552 g/mol. The van der Waals surface area contributed by atoms with Gasteiger partial charge >= 0.3 is 0 Å². The van der Waals surface area contributed by atoms with Crippen molar-refractivity contribution in [3.05, 3.63) is 119 Å². The predicted molar refractivity (Wildman–Crippen MR) is 152 cm³/mol. The zero-order valence-electron chi connectivity index (χ0n) is 22.7. The van der Waals surface area contributed by atoms with Gasteiger partial charge in [0.15, 0.2) is 5.78 Å². The molecule has 1 aromatic heterocycles. The summed E-state index contributed by atoms with van der Waals surface area (Å²) < 4.78 is 43.0. The SMILES string of the molecule is COCCn1c(Cc2ccc(-c3ccccc3OCc3ccc(C#N)cc3F)cc2F)nc2ccc(C(C)=O)cc21. The molecule has 0 unspecified atom stereocenters. The summed E-state index contributed by atoms with van der Waals surface area (Å²) in [6, 6.07) is 23.7. The predicted octanol–water partition coefficient (Wildman–Crippen LogP) is 6.87. The Morgan fingerprint density at radius 2 is 1.76 bits per heavy atom. The van der Waals surface area contributed by atoms with Gasteiger partial charge in [-0.25, -0.2) is 13.8 Å². The molecule has 41 heavy (non-hydrogen) atoms. The average Bonchev–Trinajstić information content (AvgIpc) is 3.32. The number of aromatic nitrogens is 2. The molecule has 8 heteroatoms. The number of benzene rings is 4. The number of hydrogen-bond acceptors (Lipinski definition) is 5. The minimum absolute atomic E-state index is 0.0409. The van der Waals surface area contributed by atoms with Crippen LogP contribution in [0, 0.1) is 23.0 Å². The van der Waals surface area contributed by atoms with Crippen LogP contribution >= 0.6 is 0 Å². The first-order valence-electron chi connectivity index (χ1n) is 13.1. The minimum atomic E-state index is -0.522. The molecule has 6 nitrogen and oxygen atoms in total. The zero-order chi connectivity index (χ0) is 28.9. The van der Waals surface area contributed by atoms with Gasteiger partial charge in [0.25, 0.3) is 0 Å². The Kier molecular flexibility index (Phi) is 8.18. The second-order valence-corrected chi connectivity index (χ2v) is 9.62. The Balaban J connectivity index is 1.41. The van der Waals surface area contributed by atoms with Crippen molar-refractivity contribution < 1.29 is 23.0 Å². The van der Waals surface area contributed by atoms with Gasteiger partial charge in [-0.2, -0.15) is 5.26 Å². The van der Waals surface area contributed by atoms with Gasteiger partial charge in [0.05, 0.1) is 29.3 Å². The summed E-state index contributed by atoms with van der Waals surface area (Å²) in [5, 5.41) is 8.96. The maximum Gasteiger partial charge on any atom is 0.159 e. The summed E-state index contributed by atoms with van der Waals surface area (Å²) in [5.74, 6) is 0.181. The number of methoxy groups -OCH3 is 1. The first-order chi connectivity index (χ1) is 19.9. The highest BCUT2D eigenvalue weighted by Gasteiger charge is 2.16. The van der Waals surface area contributed by atoms with Gasteiger partial charge in [0, 0.05) is 36.8 Å². The molecule has 5 aromatic rings. The van der Waals surface area contributed by atoms with E-state index in [1.54, 1.807) is 37.4 Å². The van der Waals surface area contributed by atoms with Crippen molar-refractivity contribution in [3.8, 4) is 22.9 Å². The van der Waals surface area contributed by atoms with Gasteiger partial charge in [-0.1, -0.05) is 36.4 Å². The van der Waals surface area contributed by atoms with E-state index in [-0.39, 0.29) is 24.4 Å². The number of Topliss-reactive ketones (excluding diaryl/α,β-unsaturated/α-hetero) is 1. The summed E-state index contributed by atoms with van der Waals surface area (Å²) in [5.41, 5.74) is 4.39. The van der Waals surface area contributed by atoms with E-state index in [0.29, 0.717) is 52.5 Å². The molecule has 5 rings (SSSR count). The number of ether oxygens (including phenoxy) is 2. The molecule has 0 saturated heterocycles. The molecule has 0 radical (unpaired) electrons. The summed E-state index contributed by atoms with van der Waals surface area (Å²) in [4.78, 5) is 16.7. The van der Waals surface area contributed by atoms with Crippen molar-refractivity contribution in [3.63, 3.8) is 0 Å². The standard InChI is InChI=1S/C33H27F2N3O3/c1-21(39)23-11-12-30-31(17-23)38(13-14-40-2)33(37-30)18-25-10-9-24(16-29(25)35)27-5-3-4-6-32(27)41-20-26-8-7-22(19-36)15-28(26)34/h3-12,15-17H,13-14,18,20H2,1-2H3. The van der Waals surface area contributed by atoms with E-state index in [2.05, 4.69) is 0 Å². The molecular formula is C33H27F2N3O3. The first kappa shape index (κ1) is 27.7. The number of ketones is 1. The second-order valence-electron chi connectivity index (χ2n) is 9.62. The van der Waals surface area contributed by atoms with Gasteiger partial charge in [0.2, 0.25) is 0 Å². The molecule has 0 amide bonds. The number of carbonyl (C=O) groups is 1. The molecule has 1 heterocycles. The number of nitrogens with zero attached hydrogens (tertiary/aromatic N) is 3. The topological polar surface area (TPSA) is 77.1 Å². The number of halogens is 2. The third-order valence-corrected chi connectivity index (χ3v) is 6.92. The lowest BCUT2D eigenvalue weighted by molar-refractivity contribution is 0.101. The monoisotopic (exact) mass is 551 g/mol. The van der Waals surface area contributed by atoms with E-state index < -0.39 is 11.6 Å². The highest BCUT2D eigenvalue weighted by Crippen LogP contribution is 2.32. The van der Waals surface area contributed by atoms with Crippen LogP contribution in [-0.4, -0.2) is 29.1 Å². The first-order valence-corrected chi connectivity index (χ1v) is 13.1. The number of hydrogen-bond donors (Lipinski definition) is 0. The van der Waals surface area contributed by atoms with Gasteiger partial charge in [-0.05, 0) is 60.5 Å². The van der Waals surface area contributed by atoms with E-state index in [9.17, 15) is 9.18 Å². The summed E-state index contributed by atoms with van der Waals surface area (Å²) in [6.07, 6.45) is 0.246. The van der Waals surface area contributed by atoms with Crippen LogP contribution in [0.2, 0.25) is 0 Å². The van der Waals surface area contributed by atoms with Crippen LogP contribution in [0.4, 0.5) is 8.78 Å². The van der Waals surface area contributed by atoms with Gasteiger partial charge < -0.3 is 14.0 Å². The number of imidazole rings is 1. The molecular weight excluding hydrogens is 524 g/mol. The van der Waals surface area contributed by atoms with Crippen LogP contribution in [0.5, 0.6) is 5.75 Å². The third-order valence-electron chi connectivity index (χ3n) is 6.92. The Hall–Kier alpha value is -4.87. The largest absolute Gasteiger partial charge is 0.488 e. The molecule has 206 valence electrons. The fourth-order valence-corrected chi connectivity index (χ4v) is 4.71. The van der Waals surface area contributed by atoms with Crippen molar-refractivity contribution in [1.29, 1.82) is 5.26 Å². The smallest absolute Gasteiger partial charge is 0.159 e. The number of rotatable bonds is 10. The fourth-order valence-electron chi connectivity index (χ4n) is 4.71. The van der Waals surface area contributed by atoms with Gasteiger partial charge in [-0.3, -0.25) is 4.79 Å². The molecule has 0 aliphatic carbocycles. The lowest BCUT2D eigenvalue weighted by Crippen LogP contribution is -2.10. The Bertz CT molecular complexity index is 1790. The lowest BCUT2D eigenvalue weighted by Gasteiger charge is -2.14. The summed E-state index contributed by atoms with van der Waals surface area (Å²) in [7, 11) is 1.61. The maximum atomic E-state index is 15.5. The van der Waals surface area contributed by atoms with E-state index in [1.807, 2.05) is 34.9 Å². The molecule has 0 aliphatic heterocycles. The van der Waals surface area contributed by atoms with E-state index >= 15 is 4.39 Å². The Morgan fingerprint density at radius 1 is 0.976 bits per heavy atom. The summed E-state index contributed by atoms with van der Waals surface area (Å²) in [6.45, 7) is 2.42. The lowest BCUT2D eigenvalue weighted by atomic mass is 10.0. The van der Waals surface area contributed by atoms with Crippen LogP contribution in [0.1, 0.15) is 39.8 Å². The molecule has 0 fully saturated rings. The normalized spacial score (nSPS) is 11.0. The van der Waals surface area contributed by atoms with Crippen LogP contribution in [0.25, 0.3) is 22.2 Å². The maximum absolute atomic E-state index is 15.5. The molecule has 0 bridgehead atoms. The number of carbonyl (C=O) groups excluding carboxylic acids is 1. The molecule has 4 aromatic carbocycles. The van der Waals surface area contributed by atoms with Crippen molar-refractivity contribution in [1.82, 2.24) is 9.55 Å². The molecule has 0 saturated carbocycles. The minimum Gasteiger partial charge on any atom is -0.488 e. The number of fused-ring (bicyclic) bond motifs is 1. The van der Waals surface area contributed by atoms with Gasteiger partial charge in [0.1, 0.15) is 29.8 Å². The third kappa shape index (κ3) is 6.01. The Morgan fingerprint density at radius 3 is 2.49 bits per heavy atom. The molecule has 0 spiro atoms. The highest BCUT2D eigenvalue weighted by molar-refractivity contribution is 5.97. The van der Waals surface area contributed by atoms with Crippen molar-refractivity contribution in [2.24, 2.45) is 0 Å². The second kappa shape index (κ2) is 12.1. The molecule has 0 N–H and O–H groups in total. The van der Waals surface area contributed by atoms with Crippen LogP contribution in [-0.2, 0) is 24.3 Å². The van der Waals surface area contributed by atoms with E-state index in [1.165, 1.54) is 31.2 Å². The van der Waals surface area contributed by atoms with E-state index in [0.717, 1.165) is 11.0 Å². The zero-order valence-corrected chi connectivity index (χ0v) is 22.7. The van der Waals surface area contributed by atoms with Gasteiger partial charge in [-0.15, -0.1) is 0 Å². The van der Waals surface area contributed by atoms with E-state index in [4.69, 9.17) is 19.7 Å². The van der Waals surface area contributed by atoms with Crippen molar-refractivity contribution in [2.45, 2.75) is 26.5 Å². The quantitative estimate of drug-likeness (QED) is 0.177. The van der Waals surface area contributed by atoms with Crippen LogP contribution < -0.4 is 4.74 Å². The van der Waals surface area contributed by atoms with Crippen molar-refractivity contribution in [2.75, 3.05) is 13.7 Å². The van der Waals surface area contributed by atoms with Crippen LogP contribution in [0.3, 0.4) is 0 Å². The highest BCUT2D eigenvalue weighted by atomic mass is 19.1. The number of para-hydroxylation sites is 1. The molecule has 0 aliphatic rings. The summed E-state index contributed by atoms with van der Waals surface area (Å²) >= 11 is 0. The van der Waals surface area contributed by atoms with Crippen LogP contribution in [0.15, 0.2) is 78.9 Å². The fraction of sp³-hybridized carbons (Fsp3) is 0.182. The van der Waals surface area contributed by atoms with Crippen molar-refractivity contribution >= 4 is 16.8 Å². The molecule has 0 atom stereocenters. The number of nitriles is 1.